The summed E-state index contributed by atoms with van der Waals surface area (Å²) in [5, 5.41) is 11.1. The van der Waals surface area contributed by atoms with Crippen molar-refractivity contribution in [2.45, 2.75) is 36.5 Å². The van der Waals surface area contributed by atoms with E-state index in [0.717, 1.165) is 23.4 Å². The molecule has 1 saturated heterocycles. The van der Waals surface area contributed by atoms with Gasteiger partial charge in [-0.25, -0.2) is 0 Å². The van der Waals surface area contributed by atoms with E-state index in [4.69, 9.17) is 9.57 Å². The smallest absolute Gasteiger partial charge is 0.406 e. The number of aromatic nitrogens is 1. The van der Waals surface area contributed by atoms with E-state index in [-0.39, 0.29) is 18.3 Å². The van der Waals surface area contributed by atoms with Crippen molar-refractivity contribution in [3.63, 3.8) is 0 Å². The molecule has 4 rings (SSSR count). The van der Waals surface area contributed by atoms with E-state index in [1.54, 1.807) is 25.3 Å². The number of nitrogens with zero attached hydrogens (tertiary/aromatic N) is 2. The van der Waals surface area contributed by atoms with Crippen LogP contribution >= 0.6 is 11.9 Å². The van der Waals surface area contributed by atoms with Gasteiger partial charge in [-0.2, -0.15) is 13.2 Å². The molecule has 2 aromatic carbocycles. The highest BCUT2D eigenvalue weighted by molar-refractivity contribution is 7.98. The number of alkyl halides is 3. The van der Waals surface area contributed by atoms with Gasteiger partial charge in [-0.1, -0.05) is 23.7 Å². The van der Waals surface area contributed by atoms with Crippen LogP contribution in [0.15, 0.2) is 65.2 Å². The third-order valence-electron chi connectivity index (χ3n) is 6.44. The summed E-state index contributed by atoms with van der Waals surface area (Å²) in [4.78, 5) is 5.59. The van der Waals surface area contributed by atoms with Crippen LogP contribution in [0.4, 0.5) is 24.5 Å². The summed E-state index contributed by atoms with van der Waals surface area (Å²) in [6.07, 6.45) is -1.39. The number of hydrogen-bond donors (Lipinski definition) is 3. The van der Waals surface area contributed by atoms with Crippen LogP contribution in [-0.2, 0) is 22.2 Å². The molecule has 0 saturated carbocycles. The molecule has 0 radical (unpaired) electrons. The zero-order valence-electron chi connectivity index (χ0n) is 23.2. The molecular formula is C29H32F3N5O3S2. The number of ether oxygens (including phenoxy) is 1. The summed E-state index contributed by atoms with van der Waals surface area (Å²) >= 11 is 1.30. The molecule has 0 amide bonds. The summed E-state index contributed by atoms with van der Waals surface area (Å²) in [6.45, 7) is 2.70. The summed E-state index contributed by atoms with van der Waals surface area (Å²) in [5.74, 6) is 8.14. The molecule has 3 aromatic rings. The summed E-state index contributed by atoms with van der Waals surface area (Å²) in [7, 11) is 2.19. The molecule has 0 unspecified atom stereocenters. The molecule has 1 aromatic heterocycles. The molecule has 0 atom stereocenters. The van der Waals surface area contributed by atoms with Crippen molar-refractivity contribution in [2.75, 3.05) is 42.9 Å². The van der Waals surface area contributed by atoms with Gasteiger partial charge >= 0.3 is 6.18 Å². The first-order valence-electron chi connectivity index (χ1n) is 13.1. The Morgan fingerprint density at radius 2 is 2.00 bits per heavy atom. The maximum absolute atomic E-state index is 13.6. The van der Waals surface area contributed by atoms with E-state index in [9.17, 15) is 17.4 Å². The molecule has 8 nitrogen and oxygen atoms in total. The predicted molar refractivity (Wildman–Crippen MR) is 165 cm³/mol. The molecule has 0 spiro atoms. The van der Waals surface area contributed by atoms with E-state index in [1.165, 1.54) is 29.7 Å². The largest absolute Gasteiger partial charge is 0.495 e. The number of anilines is 2. The second kappa shape index (κ2) is 14.4. The number of fused-ring (bicyclic) bond motifs is 1. The minimum atomic E-state index is -4.42. The van der Waals surface area contributed by atoms with Crippen LogP contribution in [0.2, 0.25) is 0 Å². The standard InChI is InChI=1S/C29H32F3N5O3S2/c1-4-28(35-40-3)36-41-22-10-11-25(27(18-22)39-2)33-14-6-7-21-17-23-24(34-20-12-15-42(38)16-13-20)8-5-9-26(23)37(21)19-29(30,31)32/h4-5,8-11,17-18,20,33-34H,1,12-16,19H2,2-3H3,(H,35,36). The molecule has 1 aliphatic heterocycles. The number of nitrogens with one attached hydrogen (secondary N) is 3. The lowest BCUT2D eigenvalue weighted by Crippen LogP contribution is -2.29. The number of halogens is 3. The first-order chi connectivity index (χ1) is 20.2. The fraction of sp³-hybridized carbons (Fsp3) is 0.345. The lowest BCUT2D eigenvalue weighted by molar-refractivity contribution is -0.140. The van der Waals surface area contributed by atoms with Crippen molar-refractivity contribution < 1.29 is 27.0 Å². The highest BCUT2D eigenvalue weighted by atomic mass is 32.2. The maximum atomic E-state index is 13.6. The predicted octanol–water partition coefficient (Wildman–Crippen LogP) is 5.74. The van der Waals surface area contributed by atoms with Crippen LogP contribution in [0.25, 0.3) is 10.9 Å². The normalized spacial score (nSPS) is 17.2. The lowest BCUT2D eigenvalue weighted by Gasteiger charge is -2.24. The zero-order chi connectivity index (χ0) is 30.1. The Morgan fingerprint density at radius 3 is 2.69 bits per heavy atom. The van der Waals surface area contributed by atoms with Crippen LogP contribution in [0, 0.1) is 11.8 Å². The number of hydrogen-bond acceptors (Lipinski definition) is 7. The molecule has 1 aliphatic rings. The monoisotopic (exact) mass is 619 g/mol. The van der Waals surface area contributed by atoms with Gasteiger partial charge in [0.25, 0.3) is 0 Å². The summed E-state index contributed by atoms with van der Waals surface area (Å²) in [6, 6.07) is 12.6. The molecular weight excluding hydrogens is 587 g/mol. The van der Waals surface area contributed by atoms with E-state index in [0.29, 0.717) is 39.7 Å². The van der Waals surface area contributed by atoms with Crippen molar-refractivity contribution in [2.24, 2.45) is 5.16 Å². The van der Waals surface area contributed by atoms with Crippen molar-refractivity contribution in [1.29, 1.82) is 0 Å². The fourth-order valence-electron chi connectivity index (χ4n) is 4.48. The minimum absolute atomic E-state index is 0.121. The average Bonchev–Trinajstić information content (AvgIpc) is 3.31. The molecule has 3 N–H and O–H groups in total. The van der Waals surface area contributed by atoms with Gasteiger partial charge in [0.05, 0.1) is 30.6 Å². The zero-order valence-corrected chi connectivity index (χ0v) is 24.8. The highest BCUT2D eigenvalue weighted by Gasteiger charge is 2.30. The Labute approximate surface area is 249 Å². The fourth-order valence-corrected chi connectivity index (χ4v) is 6.43. The van der Waals surface area contributed by atoms with Crippen LogP contribution < -0.4 is 20.1 Å². The molecule has 1 fully saturated rings. The first kappa shape index (κ1) is 31.2. The van der Waals surface area contributed by atoms with Crippen molar-refractivity contribution in [1.82, 2.24) is 9.29 Å². The molecule has 0 aliphatic carbocycles. The molecule has 224 valence electrons. The van der Waals surface area contributed by atoms with Crippen molar-refractivity contribution >= 4 is 50.9 Å². The number of rotatable bonds is 10. The van der Waals surface area contributed by atoms with Gasteiger partial charge in [-0.05, 0) is 73.2 Å². The minimum Gasteiger partial charge on any atom is -0.495 e. The van der Waals surface area contributed by atoms with Gasteiger partial charge in [0.1, 0.15) is 19.4 Å². The van der Waals surface area contributed by atoms with Gasteiger partial charge in [0, 0.05) is 44.3 Å². The maximum Gasteiger partial charge on any atom is 0.406 e. The Kier molecular flexibility index (Phi) is 10.7. The Hall–Kier alpha value is -3.76. The first-order valence-corrected chi connectivity index (χ1v) is 15.4. The van der Waals surface area contributed by atoms with Gasteiger partial charge in [-0.3, -0.25) is 4.21 Å². The summed E-state index contributed by atoms with van der Waals surface area (Å²) in [5.41, 5.74) is 2.15. The second-order valence-electron chi connectivity index (χ2n) is 9.32. The van der Waals surface area contributed by atoms with Crippen LogP contribution in [0.5, 0.6) is 5.75 Å². The third-order valence-corrected chi connectivity index (χ3v) is 8.63. The Balaban J connectivity index is 1.51. The Bertz CT molecular complexity index is 1520. The number of benzene rings is 2. The number of methoxy groups -OCH3 is 1. The van der Waals surface area contributed by atoms with Crippen molar-refractivity contribution in [3.05, 3.63) is 60.8 Å². The molecule has 42 heavy (non-hydrogen) atoms. The van der Waals surface area contributed by atoms with Crippen LogP contribution in [0.3, 0.4) is 0 Å². The number of amidine groups is 1. The van der Waals surface area contributed by atoms with Crippen molar-refractivity contribution in [3.8, 4) is 17.6 Å². The lowest BCUT2D eigenvalue weighted by atomic mass is 10.1. The van der Waals surface area contributed by atoms with E-state index in [2.05, 4.69) is 38.9 Å². The second-order valence-corrected chi connectivity index (χ2v) is 11.9. The molecule has 13 heteroatoms. The quantitative estimate of drug-likeness (QED) is 0.0877. The van der Waals surface area contributed by atoms with E-state index >= 15 is 0 Å². The van der Waals surface area contributed by atoms with Gasteiger partial charge < -0.3 is 29.5 Å². The molecule has 2 heterocycles. The van der Waals surface area contributed by atoms with E-state index < -0.39 is 23.5 Å². The topological polar surface area (TPSA) is 88.9 Å². The van der Waals surface area contributed by atoms with Gasteiger partial charge in [-0.15, -0.1) is 0 Å². The number of oxime groups is 1. The van der Waals surface area contributed by atoms with Crippen LogP contribution in [0.1, 0.15) is 18.5 Å². The van der Waals surface area contributed by atoms with Gasteiger partial charge in [0.2, 0.25) is 0 Å². The highest BCUT2D eigenvalue weighted by Crippen LogP contribution is 2.32. The van der Waals surface area contributed by atoms with E-state index in [1.807, 2.05) is 24.3 Å². The van der Waals surface area contributed by atoms with Crippen LogP contribution in [-0.4, -0.2) is 59.1 Å². The average molecular weight is 620 g/mol. The van der Waals surface area contributed by atoms with Gasteiger partial charge in [0.15, 0.2) is 5.84 Å². The SMILES string of the molecule is C=C/C(=N\OC)NSc1ccc(NCC#Cc2cc3c(NC4CCS(=O)CC4)cccc3n2CC(F)(F)F)c(OC)c1. The third kappa shape index (κ3) is 8.39. The molecule has 0 bridgehead atoms. The Morgan fingerprint density at radius 1 is 1.21 bits per heavy atom. The summed E-state index contributed by atoms with van der Waals surface area (Å²) < 4.78 is 62.1.